The quantitative estimate of drug-likeness (QED) is 0.843. The molecular weight excluding hydrogens is 205 g/mol. The Bertz CT molecular complexity index is 330. The fraction of sp³-hybridized carbons (Fsp3) is 0.538. The van der Waals surface area contributed by atoms with Gasteiger partial charge in [-0.1, -0.05) is 24.3 Å². The number of benzene rings is 1. The van der Waals surface area contributed by atoms with Gasteiger partial charge < -0.3 is 10.1 Å². The zero-order valence-corrected chi connectivity index (χ0v) is 9.63. The highest BCUT2D eigenvalue weighted by Gasteiger charge is 2.34. The van der Waals surface area contributed by atoms with Gasteiger partial charge in [-0.25, -0.2) is 4.39 Å². The summed E-state index contributed by atoms with van der Waals surface area (Å²) in [6, 6.07) is 8.11. The van der Waals surface area contributed by atoms with Crippen molar-refractivity contribution in [3.63, 3.8) is 0 Å². The third-order valence-electron chi connectivity index (χ3n) is 2.98. The summed E-state index contributed by atoms with van der Waals surface area (Å²) in [4.78, 5) is 0. The Morgan fingerprint density at radius 2 is 2.00 bits per heavy atom. The molecule has 0 aliphatic carbocycles. The summed E-state index contributed by atoms with van der Waals surface area (Å²) in [6.07, 6.45) is 0.984. The number of nitrogens with one attached hydrogen (secondary N) is 1. The summed E-state index contributed by atoms with van der Waals surface area (Å²) in [5.74, 6) is 0. The Morgan fingerprint density at radius 3 is 2.56 bits per heavy atom. The van der Waals surface area contributed by atoms with E-state index >= 15 is 0 Å². The number of hydrogen-bond donors (Lipinski definition) is 1. The Hall–Kier alpha value is -0.930. The monoisotopic (exact) mass is 223 g/mol. The fourth-order valence-electron chi connectivity index (χ4n) is 2.07. The van der Waals surface area contributed by atoms with Crippen LogP contribution in [0, 0.1) is 0 Å². The molecule has 3 heteroatoms. The van der Waals surface area contributed by atoms with Crippen molar-refractivity contribution in [1.29, 1.82) is 0 Å². The summed E-state index contributed by atoms with van der Waals surface area (Å²) >= 11 is 0. The lowest BCUT2D eigenvalue weighted by molar-refractivity contribution is 0.112. The fourth-order valence-corrected chi connectivity index (χ4v) is 2.07. The number of halogens is 1. The van der Waals surface area contributed by atoms with Crippen LogP contribution in [0.15, 0.2) is 24.3 Å². The van der Waals surface area contributed by atoms with Crippen molar-refractivity contribution >= 4 is 0 Å². The van der Waals surface area contributed by atoms with E-state index < -0.39 is 5.67 Å². The lowest BCUT2D eigenvalue weighted by atomic mass is 9.95. The first-order chi connectivity index (χ1) is 7.72. The third-order valence-corrected chi connectivity index (χ3v) is 2.98. The maximum Gasteiger partial charge on any atom is 0.140 e. The first-order valence-corrected chi connectivity index (χ1v) is 5.71. The van der Waals surface area contributed by atoms with E-state index in [0.29, 0.717) is 19.4 Å². The highest BCUT2D eigenvalue weighted by atomic mass is 19.1. The zero-order chi connectivity index (χ0) is 11.4. The minimum absolute atomic E-state index is 0.241. The molecule has 0 aromatic heterocycles. The molecule has 16 heavy (non-hydrogen) atoms. The van der Waals surface area contributed by atoms with E-state index in [1.54, 1.807) is 0 Å². The number of rotatable bonds is 4. The van der Waals surface area contributed by atoms with Gasteiger partial charge in [-0.15, -0.1) is 0 Å². The zero-order valence-electron chi connectivity index (χ0n) is 9.63. The van der Waals surface area contributed by atoms with Gasteiger partial charge in [-0.3, -0.25) is 0 Å². The topological polar surface area (TPSA) is 21.3 Å². The van der Waals surface area contributed by atoms with Crippen molar-refractivity contribution in [1.82, 2.24) is 5.32 Å². The Morgan fingerprint density at radius 1 is 1.31 bits per heavy atom. The molecule has 0 bridgehead atoms. The molecule has 2 nitrogen and oxygen atoms in total. The molecule has 1 heterocycles. The Kier molecular flexibility index (Phi) is 3.56. The number of ether oxygens (including phenoxy) is 1. The van der Waals surface area contributed by atoms with Crippen LogP contribution in [-0.4, -0.2) is 25.9 Å². The molecule has 88 valence electrons. The van der Waals surface area contributed by atoms with E-state index in [0.717, 1.165) is 12.1 Å². The van der Waals surface area contributed by atoms with E-state index in [-0.39, 0.29) is 6.61 Å². The summed E-state index contributed by atoms with van der Waals surface area (Å²) in [5, 5.41) is 3.09. The van der Waals surface area contributed by atoms with Crippen LogP contribution in [0.5, 0.6) is 0 Å². The van der Waals surface area contributed by atoms with Gasteiger partial charge in [0, 0.05) is 26.0 Å². The second-order valence-electron chi connectivity index (χ2n) is 4.48. The smallest absolute Gasteiger partial charge is 0.140 e. The molecule has 1 fully saturated rings. The first kappa shape index (κ1) is 11.6. The average Bonchev–Trinajstić information content (AvgIpc) is 2.68. The molecule has 1 aliphatic rings. The van der Waals surface area contributed by atoms with Gasteiger partial charge in [0.1, 0.15) is 5.67 Å². The van der Waals surface area contributed by atoms with Crippen LogP contribution < -0.4 is 5.32 Å². The maximum atomic E-state index is 14.1. The molecule has 1 aromatic carbocycles. The van der Waals surface area contributed by atoms with Crippen LogP contribution in [0.4, 0.5) is 4.39 Å². The molecule has 1 atom stereocenters. The molecule has 1 aromatic rings. The summed E-state index contributed by atoms with van der Waals surface area (Å²) in [7, 11) is 1.92. The molecule has 1 aliphatic heterocycles. The largest absolute Gasteiger partial charge is 0.378 e. The standard InChI is InChI=1S/C13H18FNO/c1-15-9-12-4-2-11(3-5-12)8-13(14)6-7-16-10-13/h2-5,15H,6-10H2,1H3. The van der Waals surface area contributed by atoms with E-state index in [1.807, 2.05) is 31.3 Å². The molecule has 1 unspecified atom stereocenters. The predicted molar refractivity (Wildman–Crippen MR) is 62.2 cm³/mol. The normalized spacial score (nSPS) is 24.9. The molecule has 0 saturated carbocycles. The van der Waals surface area contributed by atoms with Gasteiger partial charge in [0.2, 0.25) is 0 Å². The molecule has 1 saturated heterocycles. The number of alkyl halides is 1. The summed E-state index contributed by atoms with van der Waals surface area (Å²) < 4.78 is 19.2. The number of hydrogen-bond acceptors (Lipinski definition) is 2. The van der Waals surface area contributed by atoms with Crippen LogP contribution in [0.3, 0.4) is 0 Å². The predicted octanol–water partition coefficient (Wildman–Crippen LogP) is 2.08. The minimum Gasteiger partial charge on any atom is -0.378 e. The van der Waals surface area contributed by atoms with E-state index in [2.05, 4.69) is 5.32 Å². The van der Waals surface area contributed by atoms with Crippen molar-refractivity contribution in [3.05, 3.63) is 35.4 Å². The van der Waals surface area contributed by atoms with E-state index in [1.165, 1.54) is 5.56 Å². The lowest BCUT2D eigenvalue weighted by Crippen LogP contribution is -2.25. The molecule has 1 N–H and O–H groups in total. The molecule has 2 rings (SSSR count). The lowest BCUT2D eigenvalue weighted by Gasteiger charge is -2.17. The molecule has 0 spiro atoms. The van der Waals surface area contributed by atoms with Gasteiger partial charge in [0.25, 0.3) is 0 Å². The first-order valence-electron chi connectivity index (χ1n) is 5.71. The average molecular weight is 223 g/mol. The second kappa shape index (κ2) is 4.93. The molecular formula is C13H18FNO. The van der Waals surface area contributed by atoms with Gasteiger partial charge >= 0.3 is 0 Å². The Labute approximate surface area is 95.8 Å². The highest BCUT2D eigenvalue weighted by Crippen LogP contribution is 2.27. The highest BCUT2D eigenvalue weighted by molar-refractivity contribution is 5.24. The van der Waals surface area contributed by atoms with Gasteiger partial charge in [-0.2, -0.15) is 0 Å². The van der Waals surface area contributed by atoms with Crippen molar-refractivity contribution in [2.75, 3.05) is 20.3 Å². The maximum absolute atomic E-state index is 14.1. The molecule has 0 radical (unpaired) electrons. The van der Waals surface area contributed by atoms with Crippen molar-refractivity contribution in [2.24, 2.45) is 0 Å². The summed E-state index contributed by atoms with van der Waals surface area (Å²) in [6.45, 7) is 1.64. The van der Waals surface area contributed by atoms with Crippen LogP contribution in [-0.2, 0) is 17.7 Å². The van der Waals surface area contributed by atoms with Gasteiger partial charge in [0.15, 0.2) is 0 Å². The van der Waals surface area contributed by atoms with Crippen LogP contribution in [0.2, 0.25) is 0 Å². The second-order valence-corrected chi connectivity index (χ2v) is 4.48. The van der Waals surface area contributed by atoms with E-state index in [4.69, 9.17) is 4.74 Å². The van der Waals surface area contributed by atoms with Crippen LogP contribution >= 0.6 is 0 Å². The summed E-state index contributed by atoms with van der Waals surface area (Å²) in [5.41, 5.74) is 1.12. The van der Waals surface area contributed by atoms with Gasteiger partial charge in [0.05, 0.1) is 6.61 Å². The van der Waals surface area contributed by atoms with Crippen molar-refractivity contribution in [2.45, 2.75) is 25.1 Å². The third kappa shape index (κ3) is 2.80. The minimum atomic E-state index is -1.15. The van der Waals surface area contributed by atoms with Crippen molar-refractivity contribution < 1.29 is 9.13 Å². The van der Waals surface area contributed by atoms with Crippen LogP contribution in [0.1, 0.15) is 17.5 Å². The van der Waals surface area contributed by atoms with E-state index in [9.17, 15) is 4.39 Å². The Balaban J connectivity index is 1.99. The molecule has 0 amide bonds. The SMILES string of the molecule is CNCc1ccc(CC2(F)CCOC2)cc1. The van der Waals surface area contributed by atoms with Crippen LogP contribution in [0.25, 0.3) is 0 Å². The van der Waals surface area contributed by atoms with Gasteiger partial charge in [-0.05, 0) is 18.2 Å². The van der Waals surface area contributed by atoms with Crippen molar-refractivity contribution in [3.8, 4) is 0 Å².